The van der Waals surface area contributed by atoms with Crippen LogP contribution < -0.4 is 5.32 Å². The number of rotatable bonds is 6. The maximum atomic E-state index is 12.6. The lowest BCUT2D eigenvalue weighted by molar-refractivity contribution is -0.141. The first-order valence-corrected chi connectivity index (χ1v) is 8.84. The van der Waals surface area contributed by atoms with Crippen LogP contribution in [0.3, 0.4) is 0 Å². The van der Waals surface area contributed by atoms with E-state index in [1.165, 1.54) is 0 Å². The quantitative estimate of drug-likeness (QED) is 0.829. The Morgan fingerprint density at radius 3 is 2.52 bits per heavy atom. The van der Waals surface area contributed by atoms with Crippen molar-refractivity contribution in [2.24, 2.45) is 5.92 Å². The topological polar surface area (TPSA) is 86.7 Å². The van der Waals surface area contributed by atoms with E-state index >= 15 is 0 Å². The second-order valence-corrected chi connectivity index (χ2v) is 6.58. The summed E-state index contributed by atoms with van der Waals surface area (Å²) in [5.41, 5.74) is 1.57. The van der Waals surface area contributed by atoms with Gasteiger partial charge in [0.1, 0.15) is 6.04 Å². The minimum Gasteiger partial charge on any atom is -0.481 e. The molecule has 6 heteroatoms. The highest BCUT2D eigenvalue weighted by Crippen LogP contribution is 2.20. The number of nitrogens with one attached hydrogen (secondary N) is 1. The predicted octanol–water partition coefficient (Wildman–Crippen LogP) is 2.68. The first-order chi connectivity index (χ1) is 11.9. The zero-order chi connectivity index (χ0) is 18.4. The molecule has 0 spiro atoms. The standard InChI is InChI=1S/C19H26N2O4/c1-3-17(22)21-11-5-4-6-16(21)18(23)20-15-9-7-14(8-10-15)12-13(2)19(24)25/h7-10,13,16H,3-6,11-12H2,1-2H3,(H,20,23)(H,24,25). The van der Waals surface area contributed by atoms with Gasteiger partial charge in [0.25, 0.3) is 0 Å². The van der Waals surface area contributed by atoms with Gasteiger partial charge < -0.3 is 15.3 Å². The van der Waals surface area contributed by atoms with Gasteiger partial charge in [0, 0.05) is 18.7 Å². The molecular weight excluding hydrogens is 320 g/mol. The summed E-state index contributed by atoms with van der Waals surface area (Å²) >= 11 is 0. The van der Waals surface area contributed by atoms with Gasteiger partial charge in [-0.3, -0.25) is 14.4 Å². The van der Waals surface area contributed by atoms with Crippen LogP contribution in [0, 0.1) is 5.92 Å². The van der Waals surface area contributed by atoms with Crippen molar-refractivity contribution in [1.82, 2.24) is 4.90 Å². The number of piperidine rings is 1. The summed E-state index contributed by atoms with van der Waals surface area (Å²) in [6.45, 7) is 4.11. The third kappa shape index (κ3) is 5.05. The molecule has 0 radical (unpaired) electrons. The Morgan fingerprint density at radius 2 is 1.92 bits per heavy atom. The van der Waals surface area contributed by atoms with Gasteiger partial charge in [-0.05, 0) is 43.4 Å². The van der Waals surface area contributed by atoms with Crippen LogP contribution in [0.1, 0.15) is 45.1 Å². The maximum Gasteiger partial charge on any atom is 0.306 e. The van der Waals surface area contributed by atoms with Gasteiger partial charge in [0.15, 0.2) is 0 Å². The number of hydrogen-bond acceptors (Lipinski definition) is 3. The fourth-order valence-corrected chi connectivity index (χ4v) is 3.10. The van der Waals surface area contributed by atoms with Gasteiger partial charge in [-0.15, -0.1) is 0 Å². The zero-order valence-electron chi connectivity index (χ0n) is 14.8. The predicted molar refractivity (Wildman–Crippen MR) is 95.2 cm³/mol. The largest absolute Gasteiger partial charge is 0.481 e. The number of carbonyl (C=O) groups is 3. The molecule has 0 aromatic heterocycles. The van der Waals surface area contributed by atoms with Crippen molar-refractivity contribution < 1.29 is 19.5 Å². The van der Waals surface area contributed by atoms with E-state index in [4.69, 9.17) is 5.11 Å². The van der Waals surface area contributed by atoms with Crippen molar-refractivity contribution in [2.45, 2.75) is 52.0 Å². The van der Waals surface area contributed by atoms with Crippen molar-refractivity contribution in [3.05, 3.63) is 29.8 Å². The molecular formula is C19H26N2O4. The third-order valence-corrected chi connectivity index (χ3v) is 4.61. The molecule has 2 unspecified atom stereocenters. The van der Waals surface area contributed by atoms with E-state index in [1.54, 1.807) is 24.0 Å². The lowest BCUT2D eigenvalue weighted by Gasteiger charge is -2.34. The lowest BCUT2D eigenvalue weighted by Crippen LogP contribution is -2.49. The molecule has 1 fully saturated rings. The number of anilines is 1. The van der Waals surface area contributed by atoms with Crippen molar-refractivity contribution in [3.8, 4) is 0 Å². The molecule has 1 aromatic rings. The Morgan fingerprint density at radius 1 is 1.24 bits per heavy atom. The van der Waals surface area contributed by atoms with E-state index in [0.717, 1.165) is 18.4 Å². The summed E-state index contributed by atoms with van der Waals surface area (Å²) in [5.74, 6) is -1.42. The number of hydrogen-bond donors (Lipinski definition) is 2. The van der Waals surface area contributed by atoms with Crippen LogP contribution in [-0.2, 0) is 20.8 Å². The molecule has 2 atom stereocenters. The van der Waals surface area contributed by atoms with Gasteiger partial charge in [-0.1, -0.05) is 26.0 Å². The molecule has 2 amide bonds. The van der Waals surface area contributed by atoms with Crippen LogP contribution in [0.15, 0.2) is 24.3 Å². The molecule has 0 bridgehead atoms. The van der Waals surface area contributed by atoms with Crippen LogP contribution in [0.5, 0.6) is 0 Å². The van der Waals surface area contributed by atoms with Gasteiger partial charge in [-0.25, -0.2) is 0 Å². The first kappa shape index (κ1) is 19.0. The van der Waals surface area contributed by atoms with Crippen LogP contribution in [0.2, 0.25) is 0 Å². The second kappa shape index (κ2) is 8.65. The summed E-state index contributed by atoms with van der Waals surface area (Å²) < 4.78 is 0. The first-order valence-electron chi connectivity index (χ1n) is 8.84. The normalized spacial score (nSPS) is 18.5. The molecule has 25 heavy (non-hydrogen) atoms. The highest BCUT2D eigenvalue weighted by Gasteiger charge is 2.31. The van der Waals surface area contributed by atoms with Gasteiger partial charge in [0.05, 0.1) is 5.92 Å². The Balaban J connectivity index is 1.99. The summed E-state index contributed by atoms with van der Waals surface area (Å²) in [6, 6.07) is 6.79. The molecule has 2 rings (SSSR count). The van der Waals surface area contributed by atoms with Gasteiger partial charge in [0.2, 0.25) is 11.8 Å². The van der Waals surface area contributed by atoms with E-state index in [1.807, 2.05) is 19.1 Å². The minimum absolute atomic E-state index is 0.0119. The molecule has 1 aliphatic rings. The van der Waals surface area contributed by atoms with Crippen molar-refractivity contribution >= 4 is 23.5 Å². The smallest absolute Gasteiger partial charge is 0.306 e. The third-order valence-electron chi connectivity index (χ3n) is 4.61. The average molecular weight is 346 g/mol. The molecule has 1 saturated heterocycles. The van der Waals surface area contributed by atoms with Crippen molar-refractivity contribution in [2.75, 3.05) is 11.9 Å². The number of carboxylic acids is 1. The Hall–Kier alpha value is -2.37. The lowest BCUT2D eigenvalue weighted by atomic mass is 10.00. The Bertz CT molecular complexity index is 627. The van der Waals surface area contributed by atoms with Gasteiger partial charge >= 0.3 is 5.97 Å². The molecule has 136 valence electrons. The van der Waals surface area contributed by atoms with E-state index in [9.17, 15) is 14.4 Å². The Labute approximate surface area is 148 Å². The number of amides is 2. The monoisotopic (exact) mass is 346 g/mol. The van der Waals surface area contributed by atoms with Crippen LogP contribution in [-0.4, -0.2) is 40.4 Å². The Kier molecular flexibility index (Phi) is 6.56. The van der Waals surface area contributed by atoms with Gasteiger partial charge in [-0.2, -0.15) is 0 Å². The fourth-order valence-electron chi connectivity index (χ4n) is 3.10. The molecule has 2 N–H and O–H groups in total. The minimum atomic E-state index is -0.824. The number of nitrogens with zero attached hydrogens (tertiary/aromatic N) is 1. The molecule has 6 nitrogen and oxygen atoms in total. The number of carboxylic acid groups (broad SMARTS) is 1. The van der Waals surface area contributed by atoms with Crippen molar-refractivity contribution in [1.29, 1.82) is 0 Å². The van der Waals surface area contributed by atoms with E-state index in [-0.39, 0.29) is 11.8 Å². The summed E-state index contributed by atoms with van der Waals surface area (Å²) in [5, 5.41) is 11.8. The molecule has 0 aliphatic carbocycles. The van der Waals surface area contributed by atoms with Crippen LogP contribution >= 0.6 is 0 Å². The van der Waals surface area contributed by atoms with Crippen LogP contribution in [0.4, 0.5) is 5.69 Å². The zero-order valence-corrected chi connectivity index (χ0v) is 14.8. The summed E-state index contributed by atoms with van der Waals surface area (Å²) in [4.78, 5) is 37.2. The molecule has 1 aliphatic heterocycles. The average Bonchev–Trinajstić information content (AvgIpc) is 2.62. The summed E-state index contributed by atoms with van der Waals surface area (Å²) in [6.07, 6.45) is 3.42. The molecule has 0 saturated carbocycles. The number of benzene rings is 1. The summed E-state index contributed by atoms with van der Waals surface area (Å²) in [7, 11) is 0. The number of likely N-dealkylation sites (tertiary alicyclic amines) is 1. The van der Waals surface area contributed by atoms with Crippen LogP contribution in [0.25, 0.3) is 0 Å². The molecule has 1 aromatic carbocycles. The van der Waals surface area contributed by atoms with E-state index < -0.39 is 17.9 Å². The van der Waals surface area contributed by atoms with Crippen molar-refractivity contribution in [3.63, 3.8) is 0 Å². The molecule has 1 heterocycles. The highest BCUT2D eigenvalue weighted by atomic mass is 16.4. The van der Waals surface area contributed by atoms with E-state index in [0.29, 0.717) is 31.5 Å². The SMILES string of the molecule is CCC(=O)N1CCCCC1C(=O)Nc1ccc(CC(C)C(=O)O)cc1. The maximum absolute atomic E-state index is 12.6. The number of aliphatic carboxylic acids is 1. The fraction of sp³-hybridized carbons (Fsp3) is 0.526. The van der Waals surface area contributed by atoms with E-state index in [2.05, 4.69) is 5.32 Å². The second-order valence-electron chi connectivity index (χ2n) is 6.58. The highest BCUT2D eigenvalue weighted by molar-refractivity contribution is 5.97. The number of carbonyl (C=O) groups excluding carboxylic acids is 2.